The van der Waals surface area contributed by atoms with Crippen molar-refractivity contribution in [2.75, 3.05) is 7.11 Å². The molecule has 0 bridgehead atoms. The van der Waals surface area contributed by atoms with Crippen LogP contribution in [0, 0.1) is 6.92 Å². The normalized spacial score (nSPS) is 16.2. The zero-order valence-electron chi connectivity index (χ0n) is 13.8. The highest BCUT2D eigenvalue weighted by atomic mass is 32.2. The Morgan fingerprint density at radius 3 is 2.62 bits per heavy atom. The van der Waals surface area contributed by atoms with Crippen LogP contribution in [0.3, 0.4) is 0 Å². The van der Waals surface area contributed by atoms with Gasteiger partial charge in [0, 0.05) is 13.0 Å². The summed E-state index contributed by atoms with van der Waals surface area (Å²) >= 11 is 0. The zero-order valence-corrected chi connectivity index (χ0v) is 14.6. The maximum atomic E-state index is 12.7. The van der Waals surface area contributed by atoms with Crippen molar-refractivity contribution in [1.29, 1.82) is 0 Å². The van der Waals surface area contributed by atoms with Crippen LogP contribution < -0.4 is 9.46 Å². The van der Waals surface area contributed by atoms with E-state index in [2.05, 4.69) is 14.9 Å². The van der Waals surface area contributed by atoms with Gasteiger partial charge in [0.2, 0.25) is 21.7 Å². The molecule has 0 aliphatic heterocycles. The quantitative estimate of drug-likeness (QED) is 0.890. The number of ether oxygens (including phenoxy) is 1. The molecule has 8 heteroatoms. The van der Waals surface area contributed by atoms with Crippen LogP contribution in [0.15, 0.2) is 27.6 Å². The van der Waals surface area contributed by atoms with Gasteiger partial charge in [-0.2, -0.15) is 4.98 Å². The third-order valence-corrected chi connectivity index (χ3v) is 5.69. The molecule has 0 radical (unpaired) electrons. The standard InChI is InChI=1S/C16H21N3O4S/c1-11-17-16(18-23-11)14-10-13(8-9-15(14)22-2)24(20,21)19-12-6-4-3-5-7-12/h8-10,12,19H,3-7H2,1-2H3. The first-order valence-electron chi connectivity index (χ1n) is 8.00. The molecular formula is C16H21N3O4S. The second kappa shape index (κ2) is 6.90. The van der Waals surface area contributed by atoms with Crippen LogP contribution in [0.25, 0.3) is 11.4 Å². The number of rotatable bonds is 5. The number of hydrogen-bond donors (Lipinski definition) is 1. The third-order valence-electron chi connectivity index (χ3n) is 4.18. The van der Waals surface area contributed by atoms with E-state index in [1.54, 1.807) is 13.0 Å². The van der Waals surface area contributed by atoms with E-state index in [1.165, 1.54) is 25.7 Å². The molecule has 0 atom stereocenters. The molecule has 7 nitrogen and oxygen atoms in total. The van der Waals surface area contributed by atoms with E-state index in [4.69, 9.17) is 9.26 Å². The summed E-state index contributed by atoms with van der Waals surface area (Å²) < 4.78 is 38.4. The SMILES string of the molecule is COc1ccc(S(=O)(=O)NC2CCCCC2)cc1-c1noc(C)n1. The third kappa shape index (κ3) is 3.59. The molecule has 1 heterocycles. The minimum Gasteiger partial charge on any atom is -0.496 e. The predicted molar refractivity (Wildman–Crippen MR) is 88.2 cm³/mol. The number of methoxy groups -OCH3 is 1. The molecule has 1 aliphatic rings. The number of nitrogens with zero attached hydrogens (tertiary/aromatic N) is 2. The molecule has 3 rings (SSSR count). The van der Waals surface area contributed by atoms with E-state index in [0.717, 1.165) is 25.7 Å². The summed E-state index contributed by atoms with van der Waals surface area (Å²) in [5, 5.41) is 3.85. The summed E-state index contributed by atoms with van der Waals surface area (Å²) in [5.41, 5.74) is 0.487. The second-order valence-electron chi connectivity index (χ2n) is 5.96. The minimum absolute atomic E-state index is 0.00159. The van der Waals surface area contributed by atoms with Crippen LogP contribution in [0.2, 0.25) is 0 Å². The first kappa shape index (κ1) is 16.9. The van der Waals surface area contributed by atoms with Gasteiger partial charge >= 0.3 is 0 Å². The van der Waals surface area contributed by atoms with E-state index in [0.29, 0.717) is 23.0 Å². The Bertz CT molecular complexity index is 810. The van der Waals surface area contributed by atoms with Crippen molar-refractivity contribution >= 4 is 10.0 Å². The van der Waals surface area contributed by atoms with Crippen LogP contribution in [0.5, 0.6) is 5.75 Å². The second-order valence-corrected chi connectivity index (χ2v) is 7.67. The molecule has 130 valence electrons. The number of aromatic nitrogens is 2. The number of aryl methyl sites for hydroxylation is 1. The van der Waals surface area contributed by atoms with Crippen LogP contribution in [0.4, 0.5) is 0 Å². The lowest BCUT2D eigenvalue weighted by Gasteiger charge is -2.22. The number of sulfonamides is 1. The molecule has 1 aromatic carbocycles. The lowest BCUT2D eigenvalue weighted by Crippen LogP contribution is -2.36. The van der Waals surface area contributed by atoms with Crippen LogP contribution in [-0.2, 0) is 10.0 Å². The topological polar surface area (TPSA) is 94.3 Å². The fourth-order valence-electron chi connectivity index (χ4n) is 2.95. The van der Waals surface area contributed by atoms with Crippen molar-refractivity contribution < 1.29 is 17.7 Å². The van der Waals surface area contributed by atoms with Gasteiger partial charge in [-0.1, -0.05) is 24.4 Å². The van der Waals surface area contributed by atoms with Crippen LogP contribution >= 0.6 is 0 Å². The average Bonchev–Trinajstić information content (AvgIpc) is 3.01. The van der Waals surface area contributed by atoms with Gasteiger partial charge in [-0.25, -0.2) is 13.1 Å². The monoisotopic (exact) mass is 351 g/mol. The van der Waals surface area contributed by atoms with Gasteiger partial charge in [0.05, 0.1) is 17.6 Å². The lowest BCUT2D eigenvalue weighted by molar-refractivity contribution is 0.392. The summed E-state index contributed by atoms with van der Waals surface area (Å²) in [7, 11) is -2.09. The Labute approximate surface area is 141 Å². The predicted octanol–water partition coefficient (Wildman–Crippen LogP) is 2.66. The Kier molecular flexibility index (Phi) is 4.86. The van der Waals surface area contributed by atoms with Gasteiger partial charge in [0.25, 0.3) is 0 Å². The summed E-state index contributed by atoms with van der Waals surface area (Å²) in [6.07, 6.45) is 5.05. The summed E-state index contributed by atoms with van der Waals surface area (Å²) in [6, 6.07) is 4.66. The van der Waals surface area contributed by atoms with Crippen molar-refractivity contribution in [2.45, 2.75) is 50.0 Å². The number of benzene rings is 1. The smallest absolute Gasteiger partial charge is 0.240 e. The molecule has 0 unspecified atom stereocenters. The van der Waals surface area contributed by atoms with Gasteiger partial charge < -0.3 is 9.26 Å². The molecular weight excluding hydrogens is 330 g/mol. The molecule has 1 fully saturated rings. The van der Waals surface area contributed by atoms with E-state index < -0.39 is 10.0 Å². The zero-order chi connectivity index (χ0) is 17.2. The first-order chi connectivity index (χ1) is 11.5. The first-order valence-corrected chi connectivity index (χ1v) is 9.49. The van der Waals surface area contributed by atoms with E-state index in [1.807, 2.05) is 0 Å². The van der Waals surface area contributed by atoms with E-state index in [-0.39, 0.29) is 10.9 Å². The maximum Gasteiger partial charge on any atom is 0.240 e. The fraction of sp³-hybridized carbons (Fsp3) is 0.500. The Balaban J connectivity index is 1.93. The molecule has 1 N–H and O–H groups in total. The molecule has 0 spiro atoms. The Morgan fingerprint density at radius 1 is 1.25 bits per heavy atom. The van der Waals surface area contributed by atoms with Gasteiger partial charge in [-0.15, -0.1) is 0 Å². The van der Waals surface area contributed by atoms with Gasteiger partial charge in [0.1, 0.15) is 5.75 Å². The van der Waals surface area contributed by atoms with Gasteiger partial charge in [0.15, 0.2) is 0 Å². The van der Waals surface area contributed by atoms with Crippen molar-refractivity contribution in [2.24, 2.45) is 0 Å². The Morgan fingerprint density at radius 2 is 2.00 bits per heavy atom. The van der Waals surface area contributed by atoms with E-state index >= 15 is 0 Å². The lowest BCUT2D eigenvalue weighted by atomic mass is 9.96. The van der Waals surface area contributed by atoms with Gasteiger partial charge in [-0.05, 0) is 31.0 Å². The molecule has 0 amide bonds. The molecule has 1 saturated carbocycles. The Hall–Kier alpha value is -1.93. The summed E-state index contributed by atoms with van der Waals surface area (Å²) in [5.74, 6) is 1.20. The molecule has 24 heavy (non-hydrogen) atoms. The highest BCUT2D eigenvalue weighted by Crippen LogP contribution is 2.31. The molecule has 1 aliphatic carbocycles. The van der Waals surface area contributed by atoms with Crippen LogP contribution in [0.1, 0.15) is 38.0 Å². The van der Waals surface area contributed by atoms with Crippen molar-refractivity contribution in [3.8, 4) is 17.1 Å². The summed E-state index contributed by atoms with van der Waals surface area (Å²) in [4.78, 5) is 4.33. The minimum atomic E-state index is -3.60. The van der Waals surface area contributed by atoms with Crippen molar-refractivity contribution in [3.63, 3.8) is 0 Å². The molecule has 1 aromatic heterocycles. The average molecular weight is 351 g/mol. The fourth-order valence-corrected chi connectivity index (χ4v) is 4.28. The van der Waals surface area contributed by atoms with Crippen molar-refractivity contribution in [3.05, 3.63) is 24.1 Å². The largest absolute Gasteiger partial charge is 0.496 e. The van der Waals surface area contributed by atoms with Crippen LogP contribution in [-0.4, -0.2) is 31.7 Å². The maximum absolute atomic E-state index is 12.7. The summed E-state index contributed by atoms with van der Waals surface area (Å²) in [6.45, 7) is 1.67. The number of nitrogens with one attached hydrogen (secondary N) is 1. The highest BCUT2D eigenvalue weighted by Gasteiger charge is 2.24. The van der Waals surface area contributed by atoms with Crippen molar-refractivity contribution in [1.82, 2.24) is 14.9 Å². The van der Waals surface area contributed by atoms with E-state index in [9.17, 15) is 8.42 Å². The highest BCUT2D eigenvalue weighted by molar-refractivity contribution is 7.89. The molecule has 2 aromatic rings. The molecule has 0 saturated heterocycles. The van der Waals surface area contributed by atoms with Gasteiger partial charge in [-0.3, -0.25) is 0 Å². The number of hydrogen-bond acceptors (Lipinski definition) is 6.